The van der Waals surface area contributed by atoms with E-state index in [1.54, 1.807) is 43.3 Å². The number of sulfonamides is 1. The summed E-state index contributed by atoms with van der Waals surface area (Å²) in [7, 11) is -3.72. The van der Waals surface area contributed by atoms with E-state index in [0.29, 0.717) is 17.1 Å². The Bertz CT molecular complexity index is 1140. The Labute approximate surface area is 177 Å². The molecule has 3 aromatic rings. The maximum absolute atomic E-state index is 12.6. The first-order valence-corrected chi connectivity index (χ1v) is 10.9. The summed E-state index contributed by atoms with van der Waals surface area (Å²) in [4.78, 5) is 12.5. The molecule has 3 aromatic carbocycles. The van der Waals surface area contributed by atoms with Gasteiger partial charge in [0.05, 0.1) is 10.6 Å². The van der Waals surface area contributed by atoms with Gasteiger partial charge in [-0.15, -0.1) is 0 Å². The number of hydrogen-bond acceptors (Lipinski definition) is 4. The van der Waals surface area contributed by atoms with Crippen LogP contribution in [0.3, 0.4) is 0 Å². The Kier molecular flexibility index (Phi) is 6.42. The van der Waals surface area contributed by atoms with E-state index in [9.17, 15) is 13.2 Å². The van der Waals surface area contributed by atoms with Crippen molar-refractivity contribution in [3.63, 3.8) is 0 Å². The van der Waals surface area contributed by atoms with Crippen LogP contribution in [-0.2, 0) is 14.8 Å². The largest absolute Gasteiger partial charge is 0.483 e. The third-order valence-electron chi connectivity index (χ3n) is 4.58. The van der Waals surface area contributed by atoms with Gasteiger partial charge in [-0.1, -0.05) is 42.5 Å². The smallest absolute Gasteiger partial charge is 0.262 e. The maximum Gasteiger partial charge on any atom is 0.262 e. The van der Waals surface area contributed by atoms with Crippen LogP contribution in [0.5, 0.6) is 5.75 Å². The molecule has 0 saturated carbocycles. The van der Waals surface area contributed by atoms with E-state index in [1.807, 2.05) is 32.0 Å². The predicted molar refractivity (Wildman–Crippen MR) is 118 cm³/mol. The van der Waals surface area contributed by atoms with Crippen LogP contribution in [0.1, 0.15) is 16.7 Å². The van der Waals surface area contributed by atoms with Gasteiger partial charge in [-0.25, -0.2) is 8.42 Å². The lowest BCUT2D eigenvalue weighted by Gasteiger charge is -2.14. The number of rotatable bonds is 7. The van der Waals surface area contributed by atoms with E-state index in [4.69, 9.17) is 4.74 Å². The molecule has 0 saturated heterocycles. The summed E-state index contributed by atoms with van der Waals surface area (Å²) in [5.74, 6) is 0.353. The minimum Gasteiger partial charge on any atom is -0.483 e. The second kappa shape index (κ2) is 9.00. The third kappa shape index (κ3) is 5.18. The first kappa shape index (κ1) is 21.4. The minimum atomic E-state index is -3.72. The number of para-hydroxylation sites is 1. The Balaban J connectivity index is 1.70. The van der Waals surface area contributed by atoms with Crippen LogP contribution in [0.15, 0.2) is 71.6 Å². The zero-order chi connectivity index (χ0) is 21.7. The highest BCUT2D eigenvalue weighted by atomic mass is 32.2. The van der Waals surface area contributed by atoms with Crippen molar-refractivity contribution in [3.05, 3.63) is 83.4 Å². The molecule has 3 rings (SSSR count). The van der Waals surface area contributed by atoms with E-state index in [-0.39, 0.29) is 17.4 Å². The van der Waals surface area contributed by atoms with Crippen LogP contribution >= 0.6 is 0 Å². The van der Waals surface area contributed by atoms with Gasteiger partial charge in [-0.2, -0.15) is 0 Å². The SMILES string of the molecule is Cc1ccc(NC(=O)COc2c(C)cccc2C)cc1NS(=O)(=O)c1ccccc1. The number of carbonyl (C=O) groups excluding carboxylic acids is 1. The summed E-state index contributed by atoms with van der Waals surface area (Å²) in [6, 6.07) is 18.9. The molecular weight excluding hydrogens is 400 g/mol. The molecule has 0 bridgehead atoms. The number of hydrogen-bond donors (Lipinski definition) is 2. The van der Waals surface area contributed by atoms with Gasteiger partial charge in [-0.05, 0) is 61.7 Å². The van der Waals surface area contributed by atoms with E-state index >= 15 is 0 Å². The first-order chi connectivity index (χ1) is 14.3. The Hall–Kier alpha value is -3.32. The van der Waals surface area contributed by atoms with Gasteiger partial charge in [-0.3, -0.25) is 9.52 Å². The number of benzene rings is 3. The molecule has 0 fully saturated rings. The lowest BCUT2D eigenvalue weighted by molar-refractivity contribution is -0.118. The van der Waals surface area contributed by atoms with E-state index in [0.717, 1.165) is 16.7 Å². The number of ether oxygens (including phenoxy) is 1. The fraction of sp³-hybridized carbons (Fsp3) is 0.174. The molecule has 0 aliphatic carbocycles. The molecule has 0 spiro atoms. The number of amides is 1. The molecule has 6 nitrogen and oxygen atoms in total. The van der Waals surface area contributed by atoms with Crippen LogP contribution in [0.2, 0.25) is 0 Å². The molecule has 30 heavy (non-hydrogen) atoms. The molecule has 0 aliphatic rings. The highest BCUT2D eigenvalue weighted by Gasteiger charge is 2.15. The molecular formula is C23H24N2O4S. The Morgan fingerprint density at radius 2 is 1.53 bits per heavy atom. The number of nitrogens with one attached hydrogen (secondary N) is 2. The van der Waals surface area contributed by atoms with Gasteiger partial charge >= 0.3 is 0 Å². The van der Waals surface area contributed by atoms with Crippen LogP contribution in [0.4, 0.5) is 11.4 Å². The van der Waals surface area contributed by atoms with Gasteiger partial charge in [0.2, 0.25) is 0 Å². The number of aryl methyl sites for hydroxylation is 3. The molecule has 0 atom stereocenters. The second-order valence-electron chi connectivity index (χ2n) is 7.01. The van der Waals surface area contributed by atoms with Crippen molar-refractivity contribution in [3.8, 4) is 5.75 Å². The maximum atomic E-state index is 12.6. The summed E-state index contributed by atoms with van der Waals surface area (Å²) in [5, 5.41) is 2.75. The standard InChI is InChI=1S/C23H24N2O4S/c1-16-12-13-19(14-21(16)25-30(27,28)20-10-5-4-6-11-20)24-22(26)15-29-23-17(2)8-7-9-18(23)3/h4-14,25H,15H2,1-3H3,(H,24,26). The van der Waals surface area contributed by atoms with Gasteiger partial charge in [0.1, 0.15) is 5.75 Å². The van der Waals surface area contributed by atoms with Crippen molar-refractivity contribution < 1.29 is 17.9 Å². The average Bonchev–Trinajstić information content (AvgIpc) is 2.70. The molecule has 1 amide bonds. The normalized spacial score (nSPS) is 11.0. The molecule has 0 radical (unpaired) electrons. The topological polar surface area (TPSA) is 84.5 Å². The van der Waals surface area contributed by atoms with Crippen LogP contribution in [-0.4, -0.2) is 20.9 Å². The second-order valence-corrected chi connectivity index (χ2v) is 8.69. The summed E-state index contributed by atoms with van der Waals surface area (Å²) >= 11 is 0. The van der Waals surface area contributed by atoms with Crippen molar-refractivity contribution >= 4 is 27.3 Å². The monoisotopic (exact) mass is 424 g/mol. The molecule has 7 heteroatoms. The van der Waals surface area contributed by atoms with Gasteiger partial charge in [0.25, 0.3) is 15.9 Å². The molecule has 0 heterocycles. The first-order valence-electron chi connectivity index (χ1n) is 9.43. The highest BCUT2D eigenvalue weighted by Crippen LogP contribution is 2.24. The average molecular weight is 425 g/mol. The molecule has 0 unspecified atom stereocenters. The fourth-order valence-electron chi connectivity index (χ4n) is 2.97. The molecule has 2 N–H and O–H groups in total. The summed E-state index contributed by atoms with van der Waals surface area (Å²) in [6.45, 7) is 5.49. The predicted octanol–water partition coefficient (Wildman–Crippen LogP) is 4.43. The van der Waals surface area contributed by atoms with Crippen LogP contribution < -0.4 is 14.8 Å². The van der Waals surface area contributed by atoms with Crippen LogP contribution in [0.25, 0.3) is 0 Å². The van der Waals surface area contributed by atoms with Crippen molar-refractivity contribution in [2.75, 3.05) is 16.6 Å². The lowest BCUT2D eigenvalue weighted by Crippen LogP contribution is -2.21. The Morgan fingerprint density at radius 1 is 0.867 bits per heavy atom. The third-order valence-corrected chi connectivity index (χ3v) is 5.96. The fourth-order valence-corrected chi connectivity index (χ4v) is 4.12. The summed E-state index contributed by atoms with van der Waals surface area (Å²) in [6.07, 6.45) is 0. The zero-order valence-corrected chi connectivity index (χ0v) is 17.9. The van der Waals surface area contributed by atoms with E-state index in [2.05, 4.69) is 10.0 Å². The number of carbonyl (C=O) groups is 1. The lowest BCUT2D eigenvalue weighted by atomic mass is 10.1. The molecule has 156 valence electrons. The van der Waals surface area contributed by atoms with Crippen molar-refractivity contribution in [2.24, 2.45) is 0 Å². The molecule has 0 aromatic heterocycles. The molecule has 0 aliphatic heterocycles. The van der Waals surface area contributed by atoms with Gasteiger partial charge < -0.3 is 10.1 Å². The van der Waals surface area contributed by atoms with Crippen molar-refractivity contribution in [1.29, 1.82) is 0 Å². The Morgan fingerprint density at radius 3 is 2.20 bits per heavy atom. The van der Waals surface area contributed by atoms with Crippen molar-refractivity contribution in [2.45, 2.75) is 25.7 Å². The number of anilines is 2. The summed E-state index contributed by atoms with van der Waals surface area (Å²) < 4.78 is 33.4. The quantitative estimate of drug-likeness (QED) is 0.588. The van der Waals surface area contributed by atoms with Crippen LogP contribution in [0, 0.1) is 20.8 Å². The van der Waals surface area contributed by atoms with E-state index < -0.39 is 10.0 Å². The minimum absolute atomic E-state index is 0.148. The van der Waals surface area contributed by atoms with Gasteiger partial charge in [0, 0.05) is 5.69 Å². The van der Waals surface area contributed by atoms with Crippen molar-refractivity contribution in [1.82, 2.24) is 0 Å². The zero-order valence-electron chi connectivity index (χ0n) is 17.1. The van der Waals surface area contributed by atoms with Gasteiger partial charge in [0.15, 0.2) is 6.61 Å². The van der Waals surface area contributed by atoms with E-state index in [1.165, 1.54) is 12.1 Å². The summed E-state index contributed by atoms with van der Waals surface area (Å²) in [5.41, 5.74) is 3.51. The highest BCUT2D eigenvalue weighted by molar-refractivity contribution is 7.92.